The van der Waals surface area contributed by atoms with Crippen molar-refractivity contribution in [2.24, 2.45) is 4.99 Å². The van der Waals surface area contributed by atoms with Crippen molar-refractivity contribution in [3.8, 4) is 0 Å². The molecule has 0 saturated heterocycles. The average molecular weight is 412 g/mol. The van der Waals surface area contributed by atoms with E-state index < -0.39 is 10.0 Å². The fourth-order valence-electron chi connectivity index (χ4n) is 2.79. The molecule has 0 aliphatic rings. The number of amides is 1. The molecule has 0 spiro atoms. The average Bonchev–Trinajstić information content (AvgIpc) is 2.67. The highest BCUT2D eigenvalue weighted by Crippen LogP contribution is 2.19. The highest BCUT2D eigenvalue weighted by molar-refractivity contribution is 7.89. The van der Waals surface area contributed by atoms with Crippen molar-refractivity contribution < 1.29 is 13.2 Å². The van der Waals surface area contributed by atoms with Crippen LogP contribution in [-0.4, -0.2) is 39.5 Å². The van der Waals surface area contributed by atoms with Crippen LogP contribution in [0.5, 0.6) is 0 Å². The predicted octanol–water partition coefficient (Wildman–Crippen LogP) is 3.40. The fraction of sp³-hybridized carbons (Fsp3) is 0.182. The Bertz CT molecular complexity index is 1040. The number of rotatable bonds is 8. The summed E-state index contributed by atoms with van der Waals surface area (Å²) in [5, 5.41) is 0. The number of hydrogen-bond acceptors (Lipinski definition) is 4. The van der Waals surface area contributed by atoms with Crippen molar-refractivity contribution in [3.05, 3.63) is 89.6 Å². The van der Waals surface area contributed by atoms with Gasteiger partial charge in [0, 0.05) is 32.6 Å². The van der Waals surface area contributed by atoms with Crippen LogP contribution >= 0.6 is 0 Å². The zero-order chi connectivity index (χ0) is 21.4. The van der Waals surface area contributed by atoms with Crippen LogP contribution in [-0.2, 0) is 16.6 Å². The predicted molar refractivity (Wildman–Crippen MR) is 116 cm³/mol. The molecule has 0 saturated carbocycles. The number of allylic oxidation sites excluding steroid dienone is 2. The lowest BCUT2D eigenvalue weighted by atomic mass is 10.1. The first-order chi connectivity index (χ1) is 13.7. The van der Waals surface area contributed by atoms with Gasteiger partial charge in [-0.05, 0) is 36.3 Å². The molecule has 7 heteroatoms. The molecular weight excluding hydrogens is 386 g/mol. The number of aliphatic imine (C=N–C) groups is 1. The monoisotopic (exact) mass is 411 g/mol. The van der Waals surface area contributed by atoms with E-state index >= 15 is 0 Å². The lowest BCUT2D eigenvalue weighted by Crippen LogP contribution is -2.30. The maximum atomic E-state index is 12.9. The Morgan fingerprint density at radius 2 is 1.76 bits per heavy atom. The van der Waals surface area contributed by atoms with Gasteiger partial charge in [-0.2, -0.15) is 0 Å². The molecule has 1 N–H and O–H groups in total. The molecule has 1 amide bonds. The minimum atomic E-state index is -3.99. The molecule has 152 valence electrons. The number of nitrogens with one attached hydrogen (secondary N) is 1. The third kappa shape index (κ3) is 6.15. The standard InChI is InChI=1S/C22H25N3O3S/c1-17(15-23-3)14-18(2)24-29(27,28)21-13-9-8-12-20(21)22(26)25(4)16-19-10-6-5-7-11-19/h5-15,24H,2,16H2,1,3-4H3/b17-14-,23-15?. The molecule has 0 aromatic heterocycles. The first-order valence-corrected chi connectivity index (χ1v) is 10.4. The Balaban J connectivity index is 2.28. The fourth-order valence-corrected chi connectivity index (χ4v) is 4.00. The Kier molecular flexibility index (Phi) is 7.50. The van der Waals surface area contributed by atoms with Gasteiger partial charge in [0.2, 0.25) is 0 Å². The van der Waals surface area contributed by atoms with Gasteiger partial charge < -0.3 is 4.90 Å². The minimum Gasteiger partial charge on any atom is -0.337 e. The van der Waals surface area contributed by atoms with E-state index in [2.05, 4.69) is 16.3 Å². The van der Waals surface area contributed by atoms with Crippen LogP contribution in [0.4, 0.5) is 0 Å². The summed E-state index contributed by atoms with van der Waals surface area (Å²) < 4.78 is 28.2. The summed E-state index contributed by atoms with van der Waals surface area (Å²) in [6, 6.07) is 15.6. The summed E-state index contributed by atoms with van der Waals surface area (Å²) in [5.74, 6) is -0.384. The number of nitrogens with zero attached hydrogens (tertiary/aromatic N) is 2. The number of benzene rings is 2. The SMILES string of the molecule is C=C(/C=C(/C)C=NC)NS(=O)(=O)c1ccccc1C(=O)N(C)Cc1ccccc1. The highest BCUT2D eigenvalue weighted by Gasteiger charge is 2.24. The van der Waals surface area contributed by atoms with E-state index in [4.69, 9.17) is 0 Å². The number of sulfonamides is 1. The summed E-state index contributed by atoms with van der Waals surface area (Å²) in [6.07, 6.45) is 3.16. The summed E-state index contributed by atoms with van der Waals surface area (Å²) in [5.41, 5.74) is 1.98. The van der Waals surface area contributed by atoms with E-state index in [-0.39, 0.29) is 22.1 Å². The molecule has 0 heterocycles. The van der Waals surface area contributed by atoms with Gasteiger partial charge in [-0.15, -0.1) is 0 Å². The summed E-state index contributed by atoms with van der Waals surface area (Å²) in [6.45, 7) is 5.88. The Morgan fingerprint density at radius 1 is 1.14 bits per heavy atom. The Morgan fingerprint density at radius 3 is 2.41 bits per heavy atom. The van der Waals surface area contributed by atoms with Gasteiger partial charge in [0.05, 0.1) is 5.56 Å². The first-order valence-electron chi connectivity index (χ1n) is 8.95. The molecule has 0 aliphatic carbocycles. The van der Waals surface area contributed by atoms with Crippen molar-refractivity contribution in [1.82, 2.24) is 9.62 Å². The second-order valence-electron chi connectivity index (χ2n) is 6.55. The molecule has 0 unspecified atom stereocenters. The Labute approximate surface area is 172 Å². The van der Waals surface area contributed by atoms with Crippen LogP contribution in [0.1, 0.15) is 22.8 Å². The first kappa shape index (κ1) is 22.1. The Hall–Kier alpha value is -3.19. The van der Waals surface area contributed by atoms with Crippen LogP contribution < -0.4 is 4.72 Å². The van der Waals surface area contributed by atoms with Gasteiger partial charge in [-0.3, -0.25) is 14.5 Å². The second-order valence-corrected chi connectivity index (χ2v) is 8.20. The third-order valence-corrected chi connectivity index (χ3v) is 5.48. The van der Waals surface area contributed by atoms with Crippen molar-refractivity contribution in [2.75, 3.05) is 14.1 Å². The van der Waals surface area contributed by atoms with Gasteiger partial charge >= 0.3 is 0 Å². The molecule has 0 fully saturated rings. The van der Waals surface area contributed by atoms with Gasteiger partial charge in [-0.1, -0.05) is 49.0 Å². The van der Waals surface area contributed by atoms with E-state index in [1.54, 1.807) is 45.4 Å². The highest BCUT2D eigenvalue weighted by atomic mass is 32.2. The zero-order valence-electron chi connectivity index (χ0n) is 16.8. The van der Waals surface area contributed by atoms with Gasteiger partial charge in [-0.25, -0.2) is 8.42 Å². The molecule has 2 aromatic carbocycles. The van der Waals surface area contributed by atoms with E-state index in [1.165, 1.54) is 17.0 Å². The lowest BCUT2D eigenvalue weighted by molar-refractivity contribution is 0.0781. The normalized spacial score (nSPS) is 12.0. The third-order valence-electron chi connectivity index (χ3n) is 4.02. The van der Waals surface area contributed by atoms with Crippen molar-refractivity contribution in [1.29, 1.82) is 0 Å². The van der Waals surface area contributed by atoms with Gasteiger partial charge in [0.1, 0.15) is 4.90 Å². The summed E-state index contributed by atoms with van der Waals surface area (Å²) in [7, 11) is -0.725. The van der Waals surface area contributed by atoms with Crippen molar-refractivity contribution >= 4 is 22.1 Å². The van der Waals surface area contributed by atoms with Gasteiger partial charge in [0.15, 0.2) is 0 Å². The lowest BCUT2D eigenvalue weighted by Gasteiger charge is -2.19. The van der Waals surface area contributed by atoms with Crippen LogP contribution in [0, 0.1) is 0 Å². The molecule has 0 bridgehead atoms. The van der Waals surface area contributed by atoms with Crippen molar-refractivity contribution in [2.45, 2.75) is 18.4 Å². The molecule has 2 rings (SSSR count). The smallest absolute Gasteiger partial charge is 0.262 e. The van der Waals surface area contributed by atoms with Crippen LogP contribution in [0.15, 0.2) is 88.4 Å². The van der Waals surface area contributed by atoms with E-state index in [1.807, 2.05) is 30.3 Å². The topological polar surface area (TPSA) is 78.8 Å². The van der Waals surface area contributed by atoms with E-state index in [0.29, 0.717) is 6.54 Å². The molecule has 0 radical (unpaired) electrons. The summed E-state index contributed by atoms with van der Waals surface area (Å²) in [4.78, 5) is 18.2. The van der Waals surface area contributed by atoms with Crippen LogP contribution in [0.3, 0.4) is 0 Å². The number of carbonyl (C=O) groups excluding carboxylic acids is 1. The molecule has 0 atom stereocenters. The van der Waals surface area contributed by atoms with Crippen LogP contribution in [0.25, 0.3) is 0 Å². The number of carbonyl (C=O) groups is 1. The molecule has 0 aliphatic heterocycles. The molecule has 29 heavy (non-hydrogen) atoms. The van der Waals surface area contributed by atoms with Gasteiger partial charge in [0.25, 0.3) is 15.9 Å². The maximum Gasteiger partial charge on any atom is 0.262 e. The molecular formula is C22H25N3O3S. The largest absolute Gasteiger partial charge is 0.337 e. The molecule has 2 aromatic rings. The zero-order valence-corrected chi connectivity index (χ0v) is 17.6. The second kappa shape index (κ2) is 9.84. The maximum absolute atomic E-state index is 12.9. The van der Waals surface area contributed by atoms with Crippen molar-refractivity contribution in [3.63, 3.8) is 0 Å². The minimum absolute atomic E-state index is 0.0960. The molecule has 6 nitrogen and oxygen atoms in total. The summed E-state index contributed by atoms with van der Waals surface area (Å²) >= 11 is 0. The quantitative estimate of drug-likeness (QED) is 0.534. The van der Waals surface area contributed by atoms with E-state index in [0.717, 1.165) is 11.1 Å². The van der Waals surface area contributed by atoms with Crippen LogP contribution in [0.2, 0.25) is 0 Å². The number of hydrogen-bond donors (Lipinski definition) is 1. The van der Waals surface area contributed by atoms with E-state index in [9.17, 15) is 13.2 Å².